The summed E-state index contributed by atoms with van der Waals surface area (Å²) in [7, 11) is 3.44. The molecule has 1 aromatic rings. The average Bonchev–Trinajstić information content (AvgIpc) is 2.71. The zero-order valence-corrected chi connectivity index (χ0v) is 9.71. The monoisotopic (exact) mass is 231 g/mol. The number of anilines is 2. The highest BCUT2D eigenvalue weighted by Crippen LogP contribution is 2.27. The molecule has 6 heteroatoms. The van der Waals surface area contributed by atoms with Crippen molar-refractivity contribution < 1.29 is 4.74 Å². The third-order valence-electron chi connectivity index (χ3n) is 2.52. The van der Waals surface area contributed by atoms with Crippen molar-refractivity contribution in [2.75, 3.05) is 31.4 Å². The van der Waals surface area contributed by atoms with Crippen LogP contribution in [0.1, 0.15) is 0 Å². The second-order valence-corrected chi connectivity index (χ2v) is 3.71. The first-order chi connectivity index (χ1) is 8.15. The van der Waals surface area contributed by atoms with E-state index in [-0.39, 0.29) is 0 Å². The van der Waals surface area contributed by atoms with Crippen LogP contribution in [-0.4, -0.2) is 30.7 Å². The summed E-state index contributed by atoms with van der Waals surface area (Å²) >= 11 is 0. The summed E-state index contributed by atoms with van der Waals surface area (Å²) in [5.41, 5.74) is 6.87. The van der Waals surface area contributed by atoms with Crippen LogP contribution in [0.4, 0.5) is 11.5 Å². The zero-order valence-electron chi connectivity index (χ0n) is 9.71. The Morgan fingerprint density at radius 3 is 2.94 bits per heavy atom. The molecule has 0 amide bonds. The lowest BCUT2D eigenvalue weighted by molar-refractivity contribution is 0.387. The van der Waals surface area contributed by atoms with Crippen LogP contribution >= 0.6 is 0 Å². The van der Waals surface area contributed by atoms with E-state index in [9.17, 15) is 0 Å². The summed E-state index contributed by atoms with van der Waals surface area (Å²) in [6.45, 7) is 0.574. The highest BCUT2D eigenvalue weighted by Gasteiger charge is 2.21. The van der Waals surface area contributed by atoms with Crippen LogP contribution in [0.2, 0.25) is 0 Å². The van der Waals surface area contributed by atoms with E-state index in [1.165, 1.54) is 0 Å². The van der Waals surface area contributed by atoms with E-state index in [0.717, 1.165) is 0 Å². The molecule has 1 aliphatic heterocycles. The highest BCUT2D eigenvalue weighted by molar-refractivity contribution is 5.59. The van der Waals surface area contributed by atoms with Gasteiger partial charge in [0.1, 0.15) is 5.75 Å². The maximum absolute atomic E-state index is 8.86. The molecule has 2 N–H and O–H groups in total. The maximum Gasteiger partial charge on any atom is 0.150 e. The summed E-state index contributed by atoms with van der Waals surface area (Å²) in [5, 5.41) is 12.5. The third kappa shape index (κ3) is 2.00. The number of nitrogen functional groups attached to an aromatic ring is 1. The zero-order chi connectivity index (χ0) is 12.4. The summed E-state index contributed by atoms with van der Waals surface area (Å²) < 4.78 is 5.14. The number of nitrogens with two attached hydrogens (primary N) is 1. The summed E-state index contributed by atoms with van der Waals surface area (Å²) in [5.74, 6) is 1.24. The molecular weight excluding hydrogens is 218 g/mol. The number of hydrogen-bond acceptors (Lipinski definition) is 6. The van der Waals surface area contributed by atoms with Crippen LogP contribution in [0.25, 0.3) is 0 Å². The van der Waals surface area contributed by atoms with Gasteiger partial charge >= 0.3 is 0 Å². The number of aromatic nitrogens is 1. The first-order valence-electron chi connectivity index (χ1n) is 5.06. The van der Waals surface area contributed by atoms with Gasteiger partial charge in [-0.15, -0.1) is 0 Å². The number of hydrogen-bond donors (Lipinski definition) is 1. The van der Waals surface area contributed by atoms with Crippen LogP contribution < -0.4 is 15.5 Å². The second-order valence-electron chi connectivity index (χ2n) is 3.71. The minimum Gasteiger partial charge on any atom is -0.494 e. The molecule has 1 aliphatic rings. The molecule has 0 aliphatic carbocycles. The van der Waals surface area contributed by atoms with E-state index >= 15 is 0 Å². The predicted octanol–water partition coefficient (Wildman–Crippen LogP) is 0.747. The Hall–Kier alpha value is -2.26. The fraction of sp³-hybridized carbons (Fsp3) is 0.273. The average molecular weight is 231 g/mol. The Labute approximate surface area is 99.5 Å². The van der Waals surface area contributed by atoms with E-state index in [1.54, 1.807) is 30.6 Å². The van der Waals surface area contributed by atoms with Gasteiger partial charge in [-0.2, -0.15) is 5.26 Å². The topological polar surface area (TPSA) is 78.4 Å². The van der Waals surface area contributed by atoms with Gasteiger partial charge in [-0.05, 0) is 0 Å². The van der Waals surface area contributed by atoms with Gasteiger partial charge in [0.2, 0.25) is 0 Å². The molecule has 17 heavy (non-hydrogen) atoms. The molecule has 6 nitrogen and oxygen atoms in total. The van der Waals surface area contributed by atoms with Crippen LogP contribution in [0.3, 0.4) is 0 Å². The fourth-order valence-corrected chi connectivity index (χ4v) is 1.65. The molecule has 1 aromatic heterocycles. The third-order valence-corrected chi connectivity index (χ3v) is 2.52. The maximum atomic E-state index is 8.86. The number of rotatable bonds is 2. The van der Waals surface area contributed by atoms with Crippen molar-refractivity contribution in [1.82, 2.24) is 9.99 Å². The number of likely N-dealkylation sites (N-methyl/N-ethyl adjacent to an activating group) is 1. The van der Waals surface area contributed by atoms with Crippen molar-refractivity contribution in [3.05, 3.63) is 24.0 Å². The van der Waals surface area contributed by atoms with E-state index in [4.69, 9.17) is 15.7 Å². The van der Waals surface area contributed by atoms with Gasteiger partial charge in [-0.25, -0.2) is 9.99 Å². The Morgan fingerprint density at radius 1 is 1.59 bits per heavy atom. The lowest BCUT2D eigenvalue weighted by Gasteiger charge is -2.24. The lowest BCUT2D eigenvalue weighted by atomic mass is 10.3. The summed E-state index contributed by atoms with van der Waals surface area (Å²) in [6, 6.07) is 3.87. The van der Waals surface area contributed by atoms with Crippen molar-refractivity contribution in [2.24, 2.45) is 0 Å². The Kier molecular flexibility index (Phi) is 2.85. The van der Waals surface area contributed by atoms with Crippen molar-refractivity contribution in [1.29, 1.82) is 5.26 Å². The molecule has 0 fully saturated rings. The van der Waals surface area contributed by atoms with Crippen LogP contribution in [-0.2, 0) is 0 Å². The molecule has 0 saturated carbocycles. The minimum absolute atomic E-state index is 0.489. The van der Waals surface area contributed by atoms with Gasteiger partial charge in [0.25, 0.3) is 0 Å². The number of nitrogens with zero attached hydrogens (tertiary/aromatic N) is 4. The molecule has 0 bridgehead atoms. The molecule has 88 valence electrons. The van der Waals surface area contributed by atoms with Crippen LogP contribution in [0, 0.1) is 11.3 Å². The smallest absolute Gasteiger partial charge is 0.150 e. The predicted molar refractivity (Wildman–Crippen MR) is 64.0 cm³/mol. The number of nitriles is 1. The number of pyridine rings is 1. The van der Waals surface area contributed by atoms with E-state index < -0.39 is 0 Å². The molecular formula is C11H13N5O. The molecule has 2 rings (SSSR count). The normalized spacial score (nSPS) is 15.6. The van der Waals surface area contributed by atoms with Crippen LogP contribution in [0.5, 0.6) is 5.75 Å². The molecule has 0 unspecified atom stereocenters. The Morgan fingerprint density at radius 2 is 2.35 bits per heavy atom. The van der Waals surface area contributed by atoms with E-state index in [0.29, 0.717) is 29.4 Å². The van der Waals surface area contributed by atoms with E-state index in [2.05, 4.69) is 11.1 Å². The Bertz CT molecular complexity index is 505. The second kappa shape index (κ2) is 4.31. The molecule has 0 radical (unpaired) electrons. The summed E-state index contributed by atoms with van der Waals surface area (Å²) in [6.07, 6.45) is 3.29. The van der Waals surface area contributed by atoms with E-state index in [1.807, 2.05) is 12.1 Å². The number of ether oxygens (including phenoxy) is 1. The summed E-state index contributed by atoms with van der Waals surface area (Å²) in [4.78, 5) is 4.21. The molecule has 0 aromatic carbocycles. The van der Waals surface area contributed by atoms with Gasteiger partial charge in [-0.1, -0.05) is 0 Å². The van der Waals surface area contributed by atoms with Gasteiger partial charge in [0, 0.05) is 19.3 Å². The number of methoxy groups -OCH3 is 1. The molecule has 0 atom stereocenters. The lowest BCUT2D eigenvalue weighted by Crippen LogP contribution is -2.32. The standard InChI is InChI=1S/C11H13N5O/c1-15-6-8(4-12)7-16(15)11-3-10(17-2)9(13)5-14-11/h3,5,7H,6,13H2,1-2H3. The first kappa shape index (κ1) is 11.2. The molecule has 2 heterocycles. The number of hydrazine groups is 1. The molecule has 0 saturated heterocycles. The Balaban J connectivity index is 2.35. The van der Waals surface area contributed by atoms with Crippen molar-refractivity contribution in [2.45, 2.75) is 0 Å². The van der Waals surface area contributed by atoms with Crippen molar-refractivity contribution >= 4 is 11.5 Å². The van der Waals surface area contributed by atoms with Gasteiger partial charge in [-0.3, -0.25) is 5.01 Å². The SMILES string of the molecule is COc1cc(N2C=C(C#N)CN2C)ncc1N. The molecule has 0 spiro atoms. The minimum atomic E-state index is 0.489. The van der Waals surface area contributed by atoms with Gasteiger partial charge < -0.3 is 10.5 Å². The van der Waals surface area contributed by atoms with Crippen molar-refractivity contribution in [3.8, 4) is 11.8 Å². The van der Waals surface area contributed by atoms with Gasteiger partial charge in [0.05, 0.1) is 37.2 Å². The first-order valence-corrected chi connectivity index (χ1v) is 5.06. The van der Waals surface area contributed by atoms with Gasteiger partial charge in [0.15, 0.2) is 5.82 Å². The van der Waals surface area contributed by atoms with Crippen LogP contribution in [0.15, 0.2) is 24.0 Å². The highest BCUT2D eigenvalue weighted by atomic mass is 16.5. The fourth-order valence-electron chi connectivity index (χ4n) is 1.65. The van der Waals surface area contributed by atoms with Crippen molar-refractivity contribution in [3.63, 3.8) is 0 Å². The quantitative estimate of drug-likeness (QED) is 0.809. The largest absolute Gasteiger partial charge is 0.494 e.